The highest BCUT2D eigenvalue weighted by atomic mass is 16.5. The molecule has 1 heterocycles. The van der Waals surface area contributed by atoms with Crippen molar-refractivity contribution in [3.8, 4) is 5.75 Å². The second-order valence-electron chi connectivity index (χ2n) is 5.80. The van der Waals surface area contributed by atoms with E-state index in [0.717, 1.165) is 5.56 Å². The van der Waals surface area contributed by atoms with E-state index in [1.807, 2.05) is 55.5 Å². The molecule has 2 aromatic rings. The van der Waals surface area contributed by atoms with E-state index in [1.165, 1.54) is 4.90 Å². The van der Waals surface area contributed by atoms with Gasteiger partial charge in [-0.25, -0.2) is 0 Å². The molecule has 5 nitrogen and oxygen atoms in total. The number of rotatable bonds is 5. The Morgan fingerprint density at radius 1 is 1.04 bits per heavy atom. The maximum Gasteiger partial charge on any atom is 0.278 e. The van der Waals surface area contributed by atoms with Gasteiger partial charge in [0.05, 0.1) is 18.4 Å². The lowest BCUT2D eigenvalue weighted by Gasteiger charge is -2.14. The standard InChI is InChI=1S/C20H20N2O3/c1-4-22-19(23)17(14-8-6-5-7-9-14)18(20(22)24)21-15-12-13(2)10-11-16(15)25-3/h5-12,21H,4H2,1-3H3. The molecule has 1 N–H and O–H groups in total. The molecule has 128 valence electrons. The van der Waals surface area contributed by atoms with Crippen molar-refractivity contribution >= 4 is 23.1 Å². The van der Waals surface area contributed by atoms with Crippen LogP contribution in [-0.2, 0) is 9.59 Å². The summed E-state index contributed by atoms with van der Waals surface area (Å²) >= 11 is 0. The van der Waals surface area contributed by atoms with Crippen LogP contribution < -0.4 is 10.1 Å². The molecule has 0 bridgehead atoms. The Kier molecular flexibility index (Phi) is 4.57. The second kappa shape index (κ2) is 6.81. The van der Waals surface area contributed by atoms with Crippen LogP contribution in [0.3, 0.4) is 0 Å². The number of nitrogens with zero attached hydrogens (tertiary/aromatic N) is 1. The normalized spacial score (nSPS) is 14.3. The number of amides is 2. The zero-order valence-corrected chi connectivity index (χ0v) is 14.5. The summed E-state index contributed by atoms with van der Waals surface area (Å²) in [6.45, 7) is 4.07. The van der Waals surface area contributed by atoms with Crippen LogP contribution >= 0.6 is 0 Å². The molecular formula is C20H20N2O3. The van der Waals surface area contributed by atoms with Crippen LogP contribution in [0.2, 0.25) is 0 Å². The van der Waals surface area contributed by atoms with Crippen molar-refractivity contribution in [3.05, 3.63) is 65.4 Å². The summed E-state index contributed by atoms with van der Waals surface area (Å²) in [6, 6.07) is 14.9. The average Bonchev–Trinajstić information content (AvgIpc) is 2.85. The molecule has 0 unspecified atom stereocenters. The predicted molar refractivity (Wildman–Crippen MR) is 97.1 cm³/mol. The van der Waals surface area contributed by atoms with Gasteiger partial charge in [-0.1, -0.05) is 36.4 Å². The van der Waals surface area contributed by atoms with Gasteiger partial charge in [-0.15, -0.1) is 0 Å². The SMILES string of the molecule is CCN1C(=O)C(Nc2cc(C)ccc2OC)=C(c2ccccc2)C1=O. The van der Waals surface area contributed by atoms with E-state index < -0.39 is 0 Å². The predicted octanol–water partition coefficient (Wildman–Crippen LogP) is 3.22. The molecule has 0 aromatic heterocycles. The number of hydrogen-bond acceptors (Lipinski definition) is 4. The molecule has 0 saturated carbocycles. The quantitative estimate of drug-likeness (QED) is 0.852. The van der Waals surface area contributed by atoms with Crippen molar-refractivity contribution in [1.82, 2.24) is 4.90 Å². The first-order valence-corrected chi connectivity index (χ1v) is 8.14. The van der Waals surface area contributed by atoms with E-state index in [1.54, 1.807) is 14.0 Å². The van der Waals surface area contributed by atoms with Gasteiger partial charge in [0.1, 0.15) is 11.4 Å². The number of carbonyl (C=O) groups is 2. The van der Waals surface area contributed by atoms with E-state index in [4.69, 9.17) is 4.74 Å². The molecule has 25 heavy (non-hydrogen) atoms. The average molecular weight is 336 g/mol. The fourth-order valence-electron chi connectivity index (χ4n) is 2.91. The molecule has 0 atom stereocenters. The maximum atomic E-state index is 12.8. The number of aryl methyl sites for hydroxylation is 1. The number of hydrogen-bond donors (Lipinski definition) is 1. The highest BCUT2D eigenvalue weighted by Gasteiger charge is 2.38. The first kappa shape index (κ1) is 16.8. The Morgan fingerprint density at radius 3 is 2.40 bits per heavy atom. The molecule has 2 amide bonds. The Morgan fingerprint density at radius 2 is 1.76 bits per heavy atom. The van der Waals surface area contributed by atoms with E-state index in [-0.39, 0.29) is 17.5 Å². The van der Waals surface area contributed by atoms with Gasteiger partial charge < -0.3 is 10.1 Å². The van der Waals surface area contributed by atoms with E-state index >= 15 is 0 Å². The first-order chi connectivity index (χ1) is 12.1. The van der Waals surface area contributed by atoms with Gasteiger partial charge in [0.2, 0.25) is 0 Å². The van der Waals surface area contributed by atoms with Crippen molar-refractivity contribution in [2.45, 2.75) is 13.8 Å². The highest BCUT2D eigenvalue weighted by molar-refractivity contribution is 6.36. The molecular weight excluding hydrogens is 316 g/mol. The zero-order valence-electron chi connectivity index (χ0n) is 14.5. The number of anilines is 1. The molecule has 1 aliphatic heterocycles. The third-order valence-corrected chi connectivity index (χ3v) is 4.16. The Balaban J connectivity index is 2.12. The summed E-state index contributed by atoms with van der Waals surface area (Å²) in [7, 11) is 1.57. The lowest BCUT2D eigenvalue weighted by molar-refractivity contribution is -0.136. The Hall–Kier alpha value is -3.08. The molecule has 0 fully saturated rings. The number of carbonyl (C=O) groups excluding carboxylic acids is 2. The summed E-state index contributed by atoms with van der Waals surface area (Å²) in [5, 5.41) is 3.14. The van der Waals surface area contributed by atoms with Gasteiger partial charge in [-0.05, 0) is 37.1 Å². The lowest BCUT2D eigenvalue weighted by atomic mass is 10.0. The van der Waals surface area contributed by atoms with Crippen molar-refractivity contribution in [2.24, 2.45) is 0 Å². The van der Waals surface area contributed by atoms with E-state index in [9.17, 15) is 9.59 Å². The fourth-order valence-corrected chi connectivity index (χ4v) is 2.91. The van der Waals surface area contributed by atoms with Crippen LogP contribution in [0, 0.1) is 6.92 Å². The second-order valence-corrected chi connectivity index (χ2v) is 5.80. The van der Waals surface area contributed by atoms with Crippen molar-refractivity contribution in [3.63, 3.8) is 0 Å². The smallest absolute Gasteiger partial charge is 0.278 e. The van der Waals surface area contributed by atoms with Crippen LogP contribution in [0.5, 0.6) is 5.75 Å². The minimum atomic E-state index is -0.324. The summed E-state index contributed by atoms with van der Waals surface area (Å²) in [5.74, 6) is 0.00319. The van der Waals surface area contributed by atoms with Crippen molar-refractivity contribution < 1.29 is 14.3 Å². The maximum absolute atomic E-state index is 12.8. The molecule has 0 saturated heterocycles. The zero-order chi connectivity index (χ0) is 18.0. The summed E-state index contributed by atoms with van der Waals surface area (Å²) < 4.78 is 5.37. The molecule has 5 heteroatoms. The number of ether oxygens (including phenoxy) is 1. The van der Waals surface area contributed by atoms with Gasteiger partial charge in [0, 0.05) is 6.54 Å². The molecule has 0 radical (unpaired) electrons. The molecule has 1 aliphatic rings. The lowest BCUT2D eigenvalue weighted by Crippen LogP contribution is -2.32. The van der Waals surface area contributed by atoms with Gasteiger partial charge in [-0.2, -0.15) is 0 Å². The monoisotopic (exact) mass is 336 g/mol. The Labute approximate surface area is 146 Å². The van der Waals surface area contributed by atoms with E-state index in [2.05, 4.69) is 5.32 Å². The van der Waals surface area contributed by atoms with Crippen LogP contribution in [0.15, 0.2) is 54.2 Å². The Bertz CT molecular complexity index is 856. The molecule has 3 rings (SSSR count). The molecule has 2 aromatic carbocycles. The van der Waals surface area contributed by atoms with Gasteiger partial charge in [-0.3, -0.25) is 14.5 Å². The summed E-state index contributed by atoms with van der Waals surface area (Å²) in [6.07, 6.45) is 0. The first-order valence-electron chi connectivity index (χ1n) is 8.14. The fraction of sp³-hybridized carbons (Fsp3) is 0.200. The van der Waals surface area contributed by atoms with Gasteiger partial charge in [0.25, 0.3) is 11.8 Å². The van der Waals surface area contributed by atoms with Gasteiger partial charge >= 0.3 is 0 Å². The van der Waals surface area contributed by atoms with Crippen LogP contribution in [0.1, 0.15) is 18.1 Å². The topological polar surface area (TPSA) is 58.6 Å². The van der Waals surface area contributed by atoms with Gasteiger partial charge in [0.15, 0.2) is 0 Å². The molecule has 0 spiro atoms. The van der Waals surface area contributed by atoms with Crippen LogP contribution in [-0.4, -0.2) is 30.4 Å². The third kappa shape index (κ3) is 3.01. The number of imide groups is 1. The minimum absolute atomic E-state index is 0.280. The minimum Gasteiger partial charge on any atom is -0.495 e. The highest BCUT2D eigenvalue weighted by Crippen LogP contribution is 2.33. The number of benzene rings is 2. The summed E-state index contributed by atoms with van der Waals surface area (Å²) in [4.78, 5) is 26.8. The number of nitrogens with one attached hydrogen (secondary N) is 1. The largest absolute Gasteiger partial charge is 0.495 e. The third-order valence-electron chi connectivity index (χ3n) is 4.16. The van der Waals surface area contributed by atoms with Crippen molar-refractivity contribution in [2.75, 3.05) is 19.0 Å². The van der Waals surface area contributed by atoms with Crippen LogP contribution in [0.4, 0.5) is 5.69 Å². The van der Waals surface area contributed by atoms with Crippen molar-refractivity contribution in [1.29, 1.82) is 0 Å². The number of likely N-dealkylation sites (N-methyl/N-ethyl adjacent to an activating group) is 1. The summed E-state index contributed by atoms with van der Waals surface area (Å²) in [5.41, 5.74) is 3.06. The number of methoxy groups -OCH3 is 1. The molecule has 0 aliphatic carbocycles. The van der Waals surface area contributed by atoms with Crippen LogP contribution in [0.25, 0.3) is 5.57 Å². The van der Waals surface area contributed by atoms with E-state index in [0.29, 0.717) is 29.1 Å².